The van der Waals surface area contributed by atoms with Crippen molar-refractivity contribution in [2.75, 3.05) is 5.32 Å². The Hall–Kier alpha value is -7.63. The Morgan fingerprint density at radius 1 is 0.915 bits per heavy atom. The zero-order valence-electron chi connectivity index (χ0n) is 32.7. The van der Waals surface area contributed by atoms with Crippen LogP contribution in [0.15, 0.2) is 110 Å². The molecule has 7 rings (SSSR count). The molecule has 304 valence electrons. The second kappa shape index (κ2) is 17.7. The van der Waals surface area contributed by atoms with E-state index in [1.165, 1.54) is 12.3 Å². The number of alkyl carbamates (subject to hydrolysis) is 1. The van der Waals surface area contributed by atoms with Crippen molar-refractivity contribution in [2.45, 2.75) is 51.0 Å². The monoisotopic (exact) mass is 803 g/mol. The Kier molecular flexibility index (Phi) is 12.3. The first kappa shape index (κ1) is 41.0. The minimum absolute atomic E-state index is 0.0549. The molecule has 0 aliphatic carbocycles. The van der Waals surface area contributed by atoms with Gasteiger partial charge in [-0.2, -0.15) is 10.2 Å². The summed E-state index contributed by atoms with van der Waals surface area (Å²) in [6.45, 7) is 5.32. The maximum atomic E-state index is 13.0. The van der Waals surface area contributed by atoms with Gasteiger partial charge in [0.2, 0.25) is 18.1 Å². The molecule has 0 fully saturated rings. The summed E-state index contributed by atoms with van der Waals surface area (Å²) >= 11 is 0. The lowest BCUT2D eigenvalue weighted by atomic mass is 9.99. The highest BCUT2D eigenvalue weighted by atomic mass is 16.6. The van der Waals surface area contributed by atoms with Gasteiger partial charge in [0.1, 0.15) is 17.3 Å². The Bertz CT molecular complexity index is 2450. The van der Waals surface area contributed by atoms with Crippen LogP contribution in [-0.2, 0) is 34.8 Å². The lowest BCUT2D eigenvalue weighted by Gasteiger charge is -2.32. The molecule has 18 nitrogen and oxygen atoms in total. The molecule has 0 radical (unpaired) electrons. The van der Waals surface area contributed by atoms with E-state index in [1.807, 2.05) is 49.6 Å². The number of nitrogens with one attached hydrogen (secondary N) is 2. The number of aliphatic carboxylic acids is 1. The molecule has 18 heteroatoms. The molecular formula is C41H41N9O9. The van der Waals surface area contributed by atoms with Crippen molar-refractivity contribution in [3.05, 3.63) is 131 Å². The van der Waals surface area contributed by atoms with Gasteiger partial charge in [-0.1, -0.05) is 60.7 Å². The number of nitro groups is 1. The minimum Gasteiger partial charge on any atom is -0.478 e. The van der Waals surface area contributed by atoms with Crippen molar-refractivity contribution >= 4 is 29.3 Å². The number of carbonyl (C=O) groups is 3. The van der Waals surface area contributed by atoms with Crippen LogP contribution >= 0.6 is 0 Å². The maximum absolute atomic E-state index is 13.0. The van der Waals surface area contributed by atoms with Gasteiger partial charge in [-0.3, -0.25) is 24.3 Å². The highest BCUT2D eigenvalue weighted by Crippen LogP contribution is 2.35. The number of nitrogens with zero attached hydrogens (tertiary/aromatic N) is 7. The number of carbonyl (C=O) groups excluding carboxylic acids is 2. The maximum Gasteiger partial charge on any atom is 0.408 e. The molecule has 59 heavy (non-hydrogen) atoms. The van der Waals surface area contributed by atoms with E-state index in [4.69, 9.17) is 14.2 Å². The third kappa shape index (κ3) is 10.6. The van der Waals surface area contributed by atoms with Gasteiger partial charge in [0.15, 0.2) is 0 Å². The standard InChI is InChI=1S/C23H25N5O4.C18H16N4O5/c1-23(2,3)32-22(30)27-18(14-8-6-5-7-9-14)19-20(29)26-17-10-15(11-24-21(17)31-19)16-12-25-28(4)13-16;1-21-11-14(10-20-21)13-8-15(22(25)26)17(19-9-13)27-16(18(23)24)7-12-5-3-2-4-6-12/h5-13,18-19H,1-4H3,(H,26,29)(H,27,30);2-6,8-11,16H,7H2,1H3,(H,23,24)/t18-,19-;/m1./s1. The first-order valence-electron chi connectivity index (χ1n) is 18.2. The number of hydrogen-bond donors (Lipinski definition) is 3. The quantitative estimate of drug-likeness (QED) is 0.102. The first-order valence-corrected chi connectivity index (χ1v) is 18.2. The Morgan fingerprint density at radius 3 is 2.07 bits per heavy atom. The summed E-state index contributed by atoms with van der Waals surface area (Å²) in [4.78, 5) is 56.2. The van der Waals surface area contributed by atoms with E-state index in [-0.39, 0.29) is 18.2 Å². The van der Waals surface area contributed by atoms with Crippen LogP contribution in [0.5, 0.6) is 11.8 Å². The molecule has 1 aliphatic rings. The average molecular weight is 804 g/mol. The van der Waals surface area contributed by atoms with Crippen LogP contribution in [0.4, 0.5) is 16.2 Å². The first-order chi connectivity index (χ1) is 28.1. The van der Waals surface area contributed by atoms with Crippen LogP contribution in [0.3, 0.4) is 0 Å². The fourth-order valence-corrected chi connectivity index (χ4v) is 5.92. The number of pyridine rings is 2. The number of anilines is 1. The topological polar surface area (TPSA) is 228 Å². The number of rotatable bonds is 11. The van der Waals surface area contributed by atoms with Crippen molar-refractivity contribution in [3.8, 4) is 34.0 Å². The Morgan fingerprint density at radius 2 is 1.51 bits per heavy atom. The predicted octanol–water partition coefficient (Wildman–Crippen LogP) is 5.91. The van der Waals surface area contributed by atoms with Gasteiger partial charge in [-0.05, 0) is 38.0 Å². The molecule has 5 heterocycles. The van der Waals surface area contributed by atoms with Crippen LogP contribution in [0.25, 0.3) is 22.3 Å². The zero-order chi connectivity index (χ0) is 42.3. The molecule has 0 spiro atoms. The summed E-state index contributed by atoms with van der Waals surface area (Å²) in [5.74, 6) is -1.69. The number of fused-ring (bicyclic) bond motifs is 1. The summed E-state index contributed by atoms with van der Waals surface area (Å²) in [6, 6.07) is 20.3. The van der Waals surface area contributed by atoms with Crippen molar-refractivity contribution in [1.29, 1.82) is 0 Å². The lowest BCUT2D eigenvalue weighted by molar-refractivity contribution is -0.386. The summed E-state index contributed by atoms with van der Waals surface area (Å²) in [5.41, 5.74) is 3.60. The van der Waals surface area contributed by atoms with Crippen molar-refractivity contribution < 1.29 is 38.6 Å². The summed E-state index contributed by atoms with van der Waals surface area (Å²) in [5, 5.41) is 34.7. The number of amides is 2. The van der Waals surface area contributed by atoms with E-state index in [0.29, 0.717) is 22.4 Å². The van der Waals surface area contributed by atoms with E-state index in [2.05, 4.69) is 30.8 Å². The second-order valence-electron chi connectivity index (χ2n) is 14.4. The third-order valence-electron chi connectivity index (χ3n) is 8.64. The molecule has 4 aromatic heterocycles. The molecule has 2 aromatic carbocycles. The fraction of sp³-hybridized carbons (Fsp3) is 0.244. The minimum atomic E-state index is -1.30. The van der Waals surface area contributed by atoms with Gasteiger partial charge in [0.05, 0.1) is 17.3 Å². The van der Waals surface area contributed by atoms with Crippen molar-refractivity contribution in [3.63, 3.8) is 0 Å². The molecule has 2 amide bonds. The number of aryl methyl sites for hydroxylation is 2. The second-order valence-corrected chi connectivity index (χ2v) is 14.4. The molecule has 0 bridgehead atoms. The van der Waals surface area contributed by atoms with Crippen LogP contribution in [-0.4, -0.2) is 75.3 Å². The van der Waals surface area contributed by atoms with Gasteiger partial charge in [-0.15, -0.1) is 0 Å². The van der Waals surface area contributed by atoms with Gasteiger partial charge in [0, 0.05) is 73.6 Å². The molecular weight excluding hydrogens is 763 g/mol. The SMILES string of the molecule is Cn1cc(-c2cnc(OC(Cc3ccccc3)C(=O)O)c([N+](=O)[O-])c2)cn1.Cn1cc(-c2cnc3c(c2)NC(=O)[C@@H]([C@H](NC(=O)OC(C)(C)C)c2ccccc2)O3)cn1. The molecule has 3 atom stereocenters. The third-order valence-corrected chi connectivity index (χ3v) is 8.64. The van der Waals surface area contributed by atoms with Crippen molar-refractivity contribution in [2.24, 2.45) is 14.1 Å². The smallest absolute Gasteiger partial charge is 0.408 e. The Balaban J connectivity index is 0.000000201. The largest absolute Gasteiger partial charge is 0.478 e. The summed E-state index contributed by atoms with van der Waals surface area (Å²) in [6.07, 6.45) is 6.93. The van der Waals surface area contributed by atoms with Crippen LogP contribution in [0, 0.1) is 10.1 Å². The lowest BCUT2D eigenvalue weighted by Crippen LogP contribution is -2.49. The van der Waals surface area contributed by atoms with E-state index in [9.17, 15) is 29.6 Å². The predicted molar refractivity (Wildman–Crippen MR) is 213 cm³/mol. The number of carboxylic acid groups (broad SMARTS) is 1. The fourth-order valence-electron chi connectivity index (χ4n) is 5.92. The molecule has 3 N–H and O–H groups in total. The number of hydrogen-bond acceptors (Lipinski definition) is 12. The molecule has 6 aromatic rings. The number of ether oxygens (including phenoxy) is 3. The summed E-state index contributed by atoms with van der Waals surface area (Å²) < 4.78 is 20.0. The van der Waals surface area contributed by atoms with E-state index < -0.39 is 52.4 Å². The molecule has 0 saturated heterocycles. The van der Waals surface area contributed by atoms with Crippen LogP contribution < -0.4 is 20.1 Å². The van der Waals surface area contributed by atoms with Crippen molar-refractivity contribution in [1.82, 2.24) is 34.8 Å². The number of aromatic nitrogens is 6. The van der Waals surface area contributed by atoms with Gasteiger partial charge in [-0.25, -0.2) is 19.6 Å². The normalized spacial score (nSPS) is 14.3. The molecule has 1 aliphatic heterocycles. The zero-order valence-corrected chi connectivity index (χ0v) is 32.7. The van der Waals surface area contributed by atoms with Crippen LogP contribution in [0.1, 0.15) is 37.9 Å². The van der Waals surface area contributed by atoms with Crippen LogP contribution in [0.2, 0.25) is 0 Å². The van der Waals surface area contributed by atoms with Gasteiger partial charge >= 0.3 is 17.7 Å². The Labute approximate surface area is 337 Å². The summed E-state index contributed by atoms with van der Waals surface area (Å²) in [7, 11) is 3.55. The highest BCUT2D eigenvalue weighted by molar-refractivity contribution is 5.98. The van der Waals surface area contributed by atoms with Gasteiger partial charge in [0.25, 0.3) is 11.8 Å². The number of carboxylic acids is 1. The van der Waals surface area contributed by atoms with E-state index >= 15 is 0 Å². The highest BCUT2D eigenvalue weighted by Gasteiger charge is 2.38. The molecule has 0 saturated carbocycles. The molecule has 1 unspecified atom stereocenters. The number of benzene rings is 2. The van der Waals surface area contributed by atoms with Gasteiger partial charge < -0.3 is 30.0 Å². The average Bonchev–Trinajstić information content (AvgIpc) is 3.84. The van der Waals surface area contributed by atoms with E-state index in [1.54, 1.807) is 92.3 Å². The van der Waals surface area contributed by atoms with E-state index in [0.717, 1.165) is 16.7 Å².